The van der Waals surface area contributed by atoms with Crippen molar-refractivity contribution in [2.24, 2.45) is 0 Å². The second-order valence-corrected chi connectivity index (χ2v) is 10.5. The molecule has 0 aliphatic carbocycles. The lowest BCUT2D eigenvalue weighted by atomic mass is 10.1. The molecule has 5 heteroatoms. The molecule has 0 atom stereocenters. The molecule has 1 aromatic rings. The summed E-state index contributed by atoms with van der Waals surface area (Å²) in [4.78, 5) is 13.1. The van der Waals surface area contributed by atoms with Crippen LogP contribution < -0.4 is 4.43 Å². The Hall–Kier alpha value is -0.943. The number of benzene rings is 1. The summed E-state index contributed by atoms with van der Waals surface area (Å²) in [6.45, 7) is 10.5. The van der Waals surface area contributed by atoms with Gasteiger partial charge >= 0.3 is 5.97 Å². The van der Waals surface area contributed by atoms with Crippen LogP contribution in [-0.2, 0) is 4.74 Å². The van der Waals surface area contributed by atoms with Crippen molar-refractivity contribution in [3.05, 3.63) is 23.3 Å². The third-order valence-corrected chi connectivity index (χ3v) is 4.18. The number of hydrogen-bond donors (Lipinski definition) is 0. The van der Waals surface area contributed by atoms with E-state index in [1.807, 2.05) is 19.2 Å². The third kappa shape index (κ3) is 4.28. The van der Waals surface area contributed by atoms with Gasteiger partial charge in [-0.3, -0.25) is 0 Å². The van der Waals surface area contributed by atoms with Crippen LogP contribution in [0.2, 0.25) is 19.6 Å². The molecule has 0 saturated carbocycles. The zero-order valence-electron chi connectivity index (χ0n) is 12.5. The summed E-state index contributed by atoms with van der Waals surface area (Å²) in [5, 5.41) is 0. The summed E-state index contributed by atoms with van der Waals surface area (Å²) >= 11 is 1.65. The monoisotopic (exact) mass is 298 g/mol. The van der Waals surface area contributed by atoms with E-state index < -0.39 is 8.32 Å². The number of hydrogen-bond acceptors (Lipinski definition) is 4. The minimum atomic E-state index is -1.78. The van der Waals surface area contributed by atoms with Gasteiger partial charge in [-0.2, -0.15) is 0 Å². The summed E-state index contributed by atoms with van der Waals surface area (Å²) in [5.41, 5.74) is 1.54. The highest BCUT2D eigenvalue weighted by atomic mass is 32.2. The van der Waals surface area contributed by atoms with E-state index in [2.05, 4.69) is 19.6 Å². The molecular weight excluding hydrogens is 276 g/mol. The molecule has 0 heterocycles. The number of carbonyl (C=O) groups excluding carboxylic acids is 1. The predicted molar refractivity (Wildman–Crippen MR) is 82.9 cm³/mol. The fourth-order valence-corrected chi connectivity index (χ4v) is 3.18. The van der Waals surface area contributed by atoms with Crippen LogP contribution in [0.25, 0.3) is 0 Å². The highest BCUT2D eigenvalue weighted by molar-refractivity contribution is 7.98. The molecular formula is C14H22O3SSi. The van der Waals surface area contributed by atoms with E-state index in [1.54, 1.807) is 24.8 Å². The van der Waals surface area contributed by atoms with Gasteiger partial charge in [0, 0.05) is 10.5 Å². The minimum Gasteiger partial charge on any atom is -0.544 e. The van der Waals surface area contributed by atoms with Crippen LogP contribution in [0.5, 0.6) is 5.75 Å². The maximum Gasteiger partial charge on any atom is 0.341 e. The van der Waals surface area contributed by atoms with Crippen molar-refractivity contribution in [2.45, 2.75) is 38.4 Å². The van der Waals surface area contributed by atoms with E-state index in [9.17, 15) is 4.79 Å². The first kappa shape index (κ1) is 16.1. The van der Waals surface area contributed by atoms with E-state index in [0.717, 1.165) is 10.5 Å². The van der Waals surface area contributed by atoms with Crippen molar-refractivity contribution in [1.29, 1.82) is 0 Å². The zero-order valence-corrected chi connectivity index (χ0v) is 14.3. The van der Waals surface area contributed by atoms with E-state index in [4.69, 9.17) is 9.16 Å². The van der Waals surface area contributed by atoms with Crippen LogP contribution in [0.15, 0.2) is 17.0 Å². The second-order valence-electron chi connectivity index (χ2n) is 5.20. The minimum absolute atomic E-state index is 0.313. The van der Waals surface area contributed by atoms with Crippen LogP contribution in [0.1, 0.15) is 22.8 Å². The van der Waals surface area contributed by atoms with Gasteiger partial charge in [0.05, 0.1) is 6.61 Å². The SMILES string of the molecule is CCOC(=O)c1ccc(SC)c(C)c1O[Si](C)(C)C. The first-order chi connectivity index (χ1) is 8.80. The predicted octanol–water partition coefficient (Wildman–Crippen LogP) is 4.11. The third-order valence-electron chi connectivity index (χ3n) is 2.48. The second kappa shape index (κ2) is 6.48. The number of rotatable bonds is 5. The van der Waals surface area contributed by atoms with Crippen molar-refractivity contribution in [3.8, 4) is 5.75 Å². The average molecular weight is 298 g/mol. The molecule has 0 unspecified atom stereocenters. The highest BCUT2D eigenvalue weighted by Gasteiger charge is 2.24. The van der Waals surface area contributed by atoms with Gasteiger partial charge in [0.15, 0.2) is 0 Å². The molecule has 0 bridgehead atoms. The molecule has 1 rings (SSSR count). The number of esters is 1. The van der Waals surface area contributed by atoms with E-state index >= 15 is 0 Å². The maximum atomic E-state index is 12.0. The molecule has 0 aromatic heterocycles. The van der Waals surface area contributed by atoms with Crippen molar-refractivity contribution >= 4 is 26.0 Å². The first-order valence-electron chi connectivity index (χ1n) is 6.34. The lowest BCUT2D eigenvalue weighted by Crippen LogP contribution is -2.30. The summed E-state index contributed by atoms with van der Waals surface area (Å²) < 4.78 is 11.2. The molecule has 0 fully saturated rings. The summed E-state index contributed by atoms with van der Waals surface area (Å²) in [6.07, 6.45) is 2.02. The Morgan fingerprint density at radius 2 is 1.95 bits per heavy atom. The van der Waals surface area contributed by atoms with Crippen LogP contribution in [0.3, 0.4) is 0 Å². The smallest absolute Gasteiger partial charge is 0.341 e. The quantitative estimate of drug-likeness (QED) is 0.465. The molecule has 0 radical (unpaired) electrons. The Kier molecular flexibility index (Phi) is 5.49. The van der Waals surface area contributed by atoms with Crippen molar-refractivity contribution in [1.82, 2.24) is 0 Å². The lowest BCUT2D eigenvalue weighted by Gasteiger charge is -2.24. The van der Waals surface area contributed by atoms with Gasteiger partial charge in [-0.1, -0.05) is 0 Å². The molecule has 1 aromatic carbocycles. The van der Waals surface area contributed by atoms with Gasteiger partial charge in [-0.25, -0.2) is 4.79 Å². The topological polar surface area (TPSA) is 35.5 Å². The van der Waals surface area contributed by atoms with Gasteiger partial charge in [0.1, 0.15) is 11.3 Å². The summed E-state index contributed by atoms with van der Waals surface area (Å²) in [7, 11) is -1.78. The molecule has 106 valence electrons. The average Bonchev–Trinajstić information content (AvgIpc) is 2.30. The molecule has 19 heavy (non-hydrogen) atoms. The molecule has 0 spiro atoms. The van der Waals surface area contributed by atoms with Gasteiger partial charge in [-0.15, -0.1) is 11.8 Å². The van der Waals surface area contributed by atoms with Crippen molar-refractivity contribution in [3.63, 3.8) is 0 Å². The first-order valence-corrected chi connectivity index (χ1v) is 11.0. The Labute approximate surface area is 120 Å². The van der Waals surface area contributed by atoms with Crippen LogP contribution in [-0.4, -0.2) is 27.1 Å². The fourth-order valence-electron chi connectivity index (χ4n) is 1.70. The van der Waals surface area contributed by atoms with Crippen molar-refractivity contribution in [2.75, 3.05) is 12.9 Å². The van der Waals surface area contributed by atoms with E-state index in [1.165, 1.54) is 0 Å². The molecule has 0 N–H and O–H groups in total. The number of carbonyl (C=O) groups is 1. The van der Waals surface area contributed by atoms with Crippen LogP contribution >= 0.6 is 11.8 Å². The summed E-state index contributed by atoms with van der Waals surface area (Å²) in [6, 6.07) is 3.75. The lowest BCUT2D eigenvalue weighted by molar-refractivity contribution is 0.0524. The highest BCUT2D eigenvalue weighted by Crippen LogP contribution is 2.33. The largest absolute Gasteiger partial charge is 0.544 e. The van der Waals surface area contributed by atoms with E-state index in [-0.39, 0.29) is 5.97 Å². The van der Waals surface area contributed by atoms with Gasteiger partial charge in [0.2, 0.25) is 8.32 Å². The summed E-state index contributed by atoms with van der Waals surface area (Å²) in [5.74, 6) is 0.371. The van der Waals surface area contributed by atoms with Gasteiger partial charge in [-0.05, 0) is 51.9 Å². The van der Waals surface area contributed by atoms with Crippen LogP contribution in [0.4, 0.5) is 0 Å². The van der Waals surface area contributed by atoms with Crippen molar-refractivity contribution < 1.29 is 14.0 Å². The molecule has 0 aliphatic rings. The van der Waals surface area contributed by atoms with E-state index in [0.29, 0.717) is 17.9 Å². The Morgan fingerprint density at radius 3 is 2.42 bits per heavy atom. The molecule has 0 aliphatic heterocycles. The van der Waals surface area contributed by atoms with Crippen LogP contribution in [0, 0.1) is 6.92 Å². The van der Waals surface area contributed by atoms with Gasteiger partial charge in [0.25, 0.3) is 0 Å². The Balaban J connectivity index is 3.30. The maximum absolute atomic E-state index is 12.0. The number of thioether (sulfide) groups is 1. The molecule has 3 nitrogen and oxygen atoms in total. The Morgan fingerprint density at radius 1 is 1.32 bits per heavy atom. The molecule has 0 amide bonds. The standard InChI is InChI=1S/C14H22O3SSi/c1-7-16-14(15)11-8-9-12(18-3)10(2)13(11)17-19(4,5)6/h8-9H,7H2,1-6H3. The Bertz CT molecular complexity index is 466. The fraction of sp³-hybridized carbons (Fsp3) is 0.500. The molecule has 0 saturated heterocycles. The zero-order chi connectivity index (χ0) is 14.6. The van der Waals surface area contributed by atoms with Gasteiger partial charge < -0.3 is 9.16 Å². The number of ether oxygens (including phenoxy) is 1. The normalized spacial score (nSPS) is 11.3.